The van der Waals surface area contributed by atoms with Gasteiger partial charge < -0.3 is 9.72 Å². The Balaban J connectivity index is 1.79. The number of rotatable bonds is 5. The number of ether oxygens (including phenoxy) is 1. The number of nitrogens with zero attached hydrogens (tertiary/aromatic N) is 1. The molecule has 5 heteroatoms. The summed E-state index contributed by atoms with van der Waals surface area (Å²) in [5.41, 5.74) is 2.59. The lowest BCUT2D eigenvalue weighted by atomic mass is 9.78. The van der Waals surface area contributed by atoms with Crippen LogP contribution in [-0.2, 0) is 32.8 Å². The number of para-hydroxylation sites is 1. The van der Waals surface area contributed by atoms with Crippen LogP contribution in [0.2, 0.25) is 0 Å². The van der Waals surface area contributed by atoms with Gasteiger partial charge in [0.25, 0.3) is 0 Å². The Morgan fingerprint density at radius 3 is 2.44 bits per heavy atom. The largest absolute Gasteiger partial charge is 0.459 e. The third-order valence-electron chi connectivity index (χ3n) is 6.41. The van der Waals surface area contributed by atoms with Crippen LogP contribution in [0.1, 0.15) is 51.4 Å². The zero-order valence-corrected chi connectivity index (χ0v) is 19.6. The van der Waals surface area contributed by atoms with E-state index in [1.54, 1.807) is 6.92 Å². The molecule has 0 saturated carbocycles. The van der Waals surface area contributed by atoms with Gasteiger partial charge in [-0.2, -0.15) is 0 Å². The summed E-state index contributed by atoms with van der Waals surface area (Å²) in [6.45, 7) is 10.4. The lowest BCUT2D eigenvalue weighted by molar-refractivity contribution is -0.164. The van der Waals surface area contributed by atoms with E-state index < -0.39 is 23.0 Å². The molecular weight excluding hydrogens is 400 g/mol. The third-order valence-corrected chi connectivity index (χ3v) is 6.41. The number of carbonyl (C=O) groups excluding carboxylic acids is 2. The maximum Gasteiger partial charge on any atom is 0.316 e. The molecule has 0 bridgehead atoms. The molecule has 0 aliphatic carbocycles. The lowest BCUT2D eigenvalue weighted by Gasteiger charge is -2.44. The van der Waals surface area contributed by atoms with Gasteiger partial charge in [-0.15, -0.1) is 0 Å². The number of hydrogen-bond donors (Lipinski definition) is 1. The Hall–Kier alpha value is -2.92. The second kappa shape index (κ2) is 8.21. The highest BCUT2D eigenvalue weighted by atomic mass is 16.6. The summed E-state index contributed by atoms with van der Waals surface area (Å²) in [7, 11) is 0. The van der Waals surface area contributed by atoms with Crippen LogP contribution in [0.15, 0.2) is 54.6 Å². The number of hydrogen-bond acceptors (Lipinski definition) is 4. The first-order valence-electron chi connectivity index (χ1n) is 11.3. The minimum Gasteiger partial charge on any atom is -0.459 e. The van der Waals surface area contributed by atoms with Gasteiger partial charge in [0, 0.05) is 29.7 Å². The highest BCUT2D eigenvalue weighted by Gasteiger charge is 2.49. The van der Waals surface area contributed by atoms with Crippen LogP contribution in [0.25, 0.3) is 10.9 Å². The molecule has 0 spiro atoms. The highest BCUT2D eigenvalue weighted by molar-refractivity contribution is 6.05. The Bertz CT molecular complexity index is 1140. The average Bonchev–Trinajstić information content (AvgIpc) is 3.14. The predicted octanol–water partition coefficient (Wildman–Crippen LogP) is 4.99. The van der Waals surface area contributed by atoms with Crippen molar-refractivity contribution in [2.45, 2.75) is 58.7 Å². The summed E-state index contributed by atoms with van der Waals surface area (Å²) in [6.07, 6.45) is 0.843. The van der Waals surface area contributed by atoms with Crippen molar-refractivity contribution in [3.8, 4) is 0 Å². The highest BCUT2D eigenvalue weighted by Crippen LogP contribution is 2.41. The van der Waals surface area contributed by atoms with Crippen LogP contribution in [0.5, 0.6) is 0 Å². The minimum atomic E-state index is -0.973. The normalized spacial score (nSPS) is 20.0. The Morgan fingerprint density at radius 2 is 1.75 bits per heavy atom. The van der Waals surface area contributed by atoms with E-state index in [9.17, 15) is 9.59 Å². The summed E-state index contributed by atoms with van der Waals surface area (Å²) in [5, 5.41) is 1.14. The average molecular weight is 433 g/mol. The number of aromatic amines is 1. The summed E-state index contributed by atoms with van der Waals surface area (Å²) in [4.78, 5) is 32.6. The smallest absolute Gasteiger partial charge is 0.316 e. The third kappa shape index (κ3) is 3.97. The van der Waals surface area contributed by atoms with Gasteiger partial charge in [0.2, 0.25) is 0 Å². The van der Waals surface area contributed by atoms with E-state index in [0.29, 0.717) is 6.54 Å². The van der Waals surface area contributed by atoms with E-state index in [2.05, 4.69) is 28.1 Å². The molecule has 1 aliphatic rings. The molecule has 1 N–H and O–H groups in total. The lowest BCUT2D eigenvalue weighted by Crippen LogP contribution is -2.56. The Morgan fingerprint density at radius 1 is 1.09 bits per heavy atom. The van der Waals surface area contributed by atoms with Gasteiger partial charge in [0.15, 0.2) is 5.78 Å². The van der Waals surface area contributed by atoms with Crippen LogP contribution in [0.4, 0.5) is 0 Å². The Kier molecular flexibility index (Phi) is 5.72. The van der Waals surface area contributed by atoms with E-state index in [1.807, 2.05) is 64.1 Å². The van der Waals surface area contributed by atoms with Crippen molar-refractivity contribution in [2.24, 2.45) is 5.92 Å². The maximum absolute atomic E-state index is 14.0. The molecule has 4 rings (SSSR count). The molecule has 2 heterocycles. The number of carbonyl (C=O) groups is 2. The van der Waals surface area contributed by atoms with Crippen molar-refractivity contribution in [3.63, 3.8) is 0 Å². The maximum atomic E-state index is 14.0. The van der Waals surface area contributed by atoms with Gasteiger partial charge in [-0.3, -0.25) is 14.5 Å². The van der Waals surface area contributed by atoms with Gasteiger partial charge in [0.05, 0.1) is 0 Å². The van der Waals surface area contributed by atoms with E-state index in [0.717, 1.165) is 40.7 Å². The number of esters is 1. The molecule has 5 nitrogen and oxygen atoms in total. The van der Waals surface area contributed by atoms with E-state index in [4.69, 9.17) is 4.74 Å². The van der Waals surface area contributed by atoms with Gasteiger partial charge in [0.1, 0.15) is 17.1 Å². The van der Waals surface area contributed by atoms with E-state index >= 15 is 0 Å². The minimum absolute atomic E-state index is 0.143. The van der Waals surface area contributed by atoms with Crippen molar-refractivity contribution in [3.05, 3.63) is 71.4 Å². The molecule has 3 aromatic rings. The first kappa shape index (κ1) is 22.3. The molecule has 0 saturated heterocycles. The quantitative estimate of drug-likeness (QED) is 0.456. The first-order valence-corrected chi connectivity index (χ1v) is 11.3. The fourth-order valence-corrected chi connectivity index (χ4v) is 4.74. The fraction of sp³-hybridized carbons (Fsp3) is 0.407. The predicted molar refractivity (Wildman–Crippen MR) is 126 cm³/mol. The zero-order chi connectivity index (χ0) is 23.1. The van der Waals surface area contributed by atoms with Crippen molar-refractivity contribution >= 4 is 22.7 Å². The van der Waals surface area contributed by atoms with Crippen LogP contribution < -0.4 is 0 Å². The zero-order valence-electron chi connectivity index (χ0n) is 19.6. The first-order chi connectivity index (χ1) is 15.1. The van der Waals surface area contributed by atoms with Gasteiger partial charge in [-0.05, 0) is 58.2 Å². The van der Waals surface area contributed by atoms with Crippen molar-refractivity contribution in [1.29, 1.82) is 0 Å². The van der Waals surface area contributed by atoms with Crippen molar-refractivity contribution in [2.75, 3.05) is 6.54 Å². The number of benzene rings is 2. The molecule has 2 atom stereocenters. The van der Waals surface area contributed by atoms with Crippen LogP contribution >= 0.6 is 0 Å². The van der Waals surface area contributed by atoms with Crippen LogP contribution in [0.3, 0.4) is 0 Å². The summed E-state index contributed by atoms with van der Waals surface area (Å²) < 4.78 is 5.57. The molecule has 0 amide bonds. The SMILES string of the molecule is C[C@H](C(=O)OC(C)(C)C)C(=O)[C@@]1(C)c2[nH]c3ccccc3c2CCN1Cc1ccccc1. The van der Waals surface area contributed by atoms with Gasteiger partial charge in [-0.1, -0.05) is 48.5 Å². The molecule has 32 heavy (non-hydrogen) atoms. The molecule has 2 aromatic carbocycles. The number of H-pyrrole nitrogens is 1. The molecule has 0 unspecified atom stereocenters. The van der Waals surface area contributed by atoms with Crippen molar-refractivity contribution in [1.82, 2.24) is 9.88 Å². The molecular formula is C27H32N2O3. The van der Waals surface area contributed by atoms with Crippen LogP contribution in [-0.4, -0.2) is 33.8 Å². The number of ketones is 1. The number of fused-ring (bicyclic) bond motifs is 3. The molecule has 1 aromatic heterocycles. The summed E-state index contributed by atoms with van der Waals surface area (Å²) in [5.74, 6) is -1.50. The fourth-order valence-electron chi connectivity index (χ4n) is 4.74. The molecule has 0 fully saturated rings. The summed E-state index contributed by atoms with van der Waals surface area (Å²) >= 11 is 0. The second-order valence-electron chi connectivity index (χ2n) is 9.87. The van der Waals surface area contributed by atoms with Crippen molar-refractivity contribution < 1.29 is 14.3 Å². The van der Waals surface area contributed by atoms with Crippen LogP contribution in [0, 0.1) is 5.92 Å². The van der Waals surface area contributed by atoms with Gasteiger partial charge in [-0.25, -0.2) is 0 Å². The molecule has 0 radical (unpaired) electrons. The number of Topliss-reactive ketones (excluding diaryl/α,β-unsaturated/α-hetero) is 1. The standard InChI is InChI=1S/C27H32N2O3/c1-18(25(31)32-26(2,3)4)24(30)27(5)23-21(20-13-9-10-14-22(20)28-23)15-16-29(27)17-19-11-7-6-8-12-19/h6-14,18,28H,15-17H2,1-5H3/t18-,27+/m0/s1. The molecule has 1 aliphatic heterocycles. The Labute approximate surface area is 189 Å². The summed E-state index contributed by atoms with van der Waals surface area (Å²) in [6, 6.07) is 18.3. The topological polar surface area (TPSA) is 62.4 Å². The molecule has 168 valence electrons. The number of aromatic nitrogens is 1. The monoisotopic (exact) mass is 432 g/mol. The van der Waals surface area contributed by atoms with Gasteiger partial charge >= 0.3 is 5.97 Å². The van der Waals surface area contributed by atoms with E-state index in [1.165, 1.54) is 0 Å². The number of nitrogens with one attached hydrogen (secondary N) is 1. The second-order valence-corrected chi connectivity index (χ2v) is 9.87. The van der Waals surface area contributed by atoms with E-state index in [-0.39, 0.29) is 5.78 Å².